The van der Waals surface area contributed by atoms with Crippen molar-refractivity contribution in [3.05, 3.63) is 72.4 Å². The lowest BCUT2D eigenvalue weighted by Gasteiger charge is -2.13. The fourth-order valence-corrected chi connectivity index (χ4v) is 3.62. The van der Waals surface area contributed by atoms with Crippen molar-refractivity contribution in [3.63, 3.8) is 0 Å². The van der Waals surface area contributed by atoms with Gasteiger partial charge in [-0.1, -0.05) is 18.7 Å². The first kappa shape index (κ1) is 23.2. The van der Waals surface area contributed by atoms with E-state index in [1.807, 2.05) is 6.07 Å². The van der Waals surface area contributed by atoms with Crippen LogP contribution in [0.5, 0.6) is 17.4 Å². The molecule has 1 aromatic heterocycles. The number of ether oxygens (including phenoxy) is 3. The van der Waals surface area contributed by atoms with Crippen molar-refractivity contribution in [2.75, 3.05) is 38.0 Å². The fourth-order valence-electron chi connectivity index (χ4n) is 3.62. The number of anilines is 3. The van der Waals surface area contributed by atoms with Crippen molar-refractivity contribution < 1.29 is 19.0 Å². The number of amides is 1. The van der Waals surface area contributed by atoms with Gasteiger partial charge in [0.25, 0.3) is 5.88 Å². The topological polar surface area (TPSA) is 97.8 Å². The molecular weight excluding hydrogens is 434 g/mol. The summed E-state index contributed by atoms with van der Waals surface area (Å²) in [5.41, 5.74) is 4.04. The van der Waals surface area contributed by atoms with Gasteiger partial charge >= 0.3 is 0 Å². The normalized spacial score (nSPS) is 12.6. The van der Waals surface area contributed by atoms with Crippen LogP contribution in [-0.4, -0.2) is 48.1 Å². The van der Waals surface area contributed by atoms with Gasteiger partial charge in [-0.2, -0.15) is 4.98 Å². The number of methoxy groups -OCH3 is 2. The van der Waals surface area contributed by atoms with E-state index in [1.165, 1.54) is 24.3 Å². The first-order valence-electron chi connectivity index (χ1n) is 10.8. The van der Waals surface area contributed by atoms with E-state index in [2.05, 4.69) is 44.2 Å². The monoisotopic (exact) mass is 461 g/mol. The summed E-state index contributed by atoms with van der Waals surface area (Å²) < 4.78 is 16.5. The standard InChI is InChI=1S/C25H27N5O4/c1-4-23(31)27-19-6-5-7-21(13-19)34-24-22(33-3)14-26-25(29-24)28-20-9-8-17-15-30(10-11-32-2)16-18(17)12-20/h4-9,12-14H,1,10-11,15-16H2,2-3H3,(H,27,31)(H,26,28,29). The van der Waals surface area contributed by atoms with Crippen LogP contribution >= 0.6 is 0 Å². The van der Waals surface area contributed by atoms with Crippen LogP contribution in [0.3, 0.4) is 0 Å². The van der Waals surface area contributed by atoms with Crippen LogP contribution in [0.2, 0.25) is 0 Å². The molecule has 2 heterocycles. The molecule has 0 spiro atoms. The summed E-state index contributed by atoms with van der Waals surface area (Å²) in [5.74, 6) is 1.19. The third-order valence-corrected chi connectivity index (χ3v) is 5.31. The maximum absolute atomic E-state index is 11.6. The number of fused-ring (bicyclic) bond motifs is 1. The number of benzene rings is 2. The fraction of sp³-hybridized carbons (Fsp3) is 0.240. The zero-order chi connectivity index (χ0) is 23.9. The van der Waals surface area contributed by atoms with Gasteiger partial charge in [-0.05, 0) is 41.5 Å². The highest BCUT2D eigenvalue weighted by Crippen LogP contribution is 2.32. The van der Waals surface area contributed by atoms with Crippen LogP contribution in [0.15, 0.2) is 61.3 Å². The van der Waals surface area contributed by atoms with Gasteiger partial charge in [-0.15, -0.1) is 0 Å². The van der Waals surface area contributed by atoms with E-state index < -0.39 is 0 Å². The van der Waals surface area contributed by atoms with Gasteiger partial charge in [0.15, 0.2) is 5.75 Å². The van der Waals surface area contributed by atoms with E-state index in [0.717, 1.165) is 25.3 Å². The van der Waals surface area contributed by atoms with Gasteiger partial charge in [0.2, 0.25) is 11.9 Å². The molecule has 0 unspecified atom stereocenters. The molecule has 1 amide bonds. The maximum atomic E-state index is 11.6. The summed E-state index contributed by atoms with van der Waals surface area (Å²) in [5, 5.41) is 5.95. The Kier molecular flexibility index (Phi) is 7.36. The Balaban J connectivity index is 1.49. The molecule has 4 rings (SSSR count). The molecule has 0 radical (unpaired) electrons. The quantitative estimate of drug-likeness (QED) is 0.436. The number of carbonyl (C=O) groups is 1. The molecule has 0 saturated carbocycles. The van der Waals surface area contributed by atoms with Crippen LogP contribution in [-0.2, 0) is 22.6 Å². The first-order valence-corrected chi connectivity index (χ1v) is 10.8. The number of aromatic nitrogens is 2. The molecule has 1 aliphatic heterocycles. The summed E-state index contributed by atoms with van der Waals surface area (Å²) in [7, 11) is 3.24. The van der Waals surface area contributed by atoms with Gasteiger partial charge in [-0.25, -0.2) is 4.98 Å². The Morgan fingerprint density at radius 3 is 2.79 bits per heavy atom. The zero-order valence-electron chi connectivity index (χ0n) is 19.2. The predicted molar refractivity (Wildman–Crippen MR) is 130 cm³/mol. The molecule has 0 bridgehead atoms. The average Bonchev–Trinajstić information content (AvgIpc) is 3.25. The highest BCUT2D eigenvalue weighted by Gasteiger charge is 2.19. The molecule has 0 aliphatic carbocycles. The van der Waals surface area contributed by atoms with Crippen LogP contribution < -0.4 is 20.1 Å². The number of hydrogen-bond donors (Lipinski definition) is 2. The van der Waals surface area contributed by atoms with E-state index in [4.69, 9.17) is 14.2 Å². The van der Waals surface area contributed by atoms with Crippen molar-refractivity contribution >= 4 is 23.2 Å². The molecule has 0 saturated heterocycles. The van der Waals surface area contributed by atoms with E-state index in [0.29, 0.717) is 29.7 Å². The van der Waals surface area contributed by atoms with E-state index in [-0.39, 0.29) is 11.8 Å². The lowest BCUT2D eigenvalue weighted by atomic mass is 10.1. The minimum atomic E-state index is -0.306. The summed E-state index contributed by atoms with van der Waals surface area (Å²) in [6, 6.07) is 13.2. The zero-order valence-corrected chi connectivity index (χ0v) is 19.2. The largest absolute Gasteiger partial charge is 0.490 e. The SMILES string of the molecule is C=CC(=O)Nc1cccc(Oc2nc(Nc3ccc4c(c3)CN(CCOC)C4)ncc2OC)c1. The van der Waals surface area contributed by atoms with Crippen molar-refractivity contribution in [3.8, 4) is 17.4 Å². The summed E-state index contributed by atoms with van der Waals surface area (Å²) in [6.45, 7) is 6.87. The number of rotatable bonds is 10. The third-order valence-electron chi connectivity index (χ3n) is 5.31. The van der Waals surface area contributed by atoms with Crippen molar-refractivity contribution in [1.82, 2.24) is 14.9 Å². The second kappa shape index (κ2) is 10.8. The number of carbonyl (C=O) groups excluding carboxylic acids is 1. The minimum Gasteiger partial charge on any atom is -0.490 e. The summed E-state index contributed by atoms with van der Waals surface area (Å²) in [6.07, 6.45) is 2.75. The molecule has 1 aliphatic rings. The lowest BCUT2D eigenvalue weighted by Crippen LogP contribution is -2.21. The second-order valence-corrected chi connectivity index (χ2v) is 7.70. The number of nitrogens with one attached hydrogen (secondary N) is 2. The summed E-state index contributed by atoms with van der Waals surface area (Å²) >= 11 is 0. The molecule has 176 valence electrons. The smallest absolute Gasteiger partial charge is 0.267 e. The third kappa shape index (κ3) is 5.69. The van der Waals surface area contributed by atoms with Crippen molar-refractivity contribution in [2.24, 2.45) is 0 Å². The highest BCUT2D eigenvalue weighted by atomic mass is 16.5. The Morgan fingerprint density at radius 2 is 2.00 bits per heavy atom. The molecule has 0 atom stereocenters. The lowest BCUT2D eigenvalue weighted by molar-refractivity contribution is -0.111. The van der Waals surface area contributed by atoms with Gasteiger partial charge in [0.05, 0.1) is 19.9 Å². The maximum Gasteiger partial charge on any atom is 0.267 e. The Hall–Kier alpha value is -3.95. The molecule has 9 heteroatoms. The number of nitrogens with zero attached hydrogens (tertiary/aromatic N) is 3. The van der Waals surface area contributed by atoms with Crippen molar-refractivity contribution in [2.45, 2.75) is 13.1 Å². The molecule has 34 heavy (non-hydrogen) atoms. The molecule has 2 N–H and O–H groups in total. The minimum absolute atomic E-state index is 0.249. The highest BCUT2D eigenvalue weighted by molar-refractivity contribution is 5.98. The second-order valence-electron chi connectivity index (χ2n) is 7.70. The van der Waals surface area contributed by atoms with Gasteiger partial charge in [-0.3, -0.25) is 9.69 Å². The Morgan fingerprint density at radius 1 is 1.15 bits per heavy atom. The molecular formula is C25H27N5O4. The molecule has 3 aromatic rings. The van der Waals surface area contributed by atoms with E-state index in [9.17, 15) is 4.79 Å². The van der Waals surface area contributed by atoms with Crippen LogP contribution in [0.1, 0.15) is 11.1 Å². The Labute approximate surface area is 198 Å². The van der Waals surface area contributed by atoms with Gasteiger partial charge in [0.1, 0.15) is 5.75 Å². The molecule has 0 fully saturated rings. The predicted octanol–water partition coefficient (Wildman–Crippen LogP) is 4.11. The van der Waals surface area contributed by atoms with E-state index >= 15 is 0 Å². The first-order chi connectivity index (χ1) is 16.6. The van der Waals surface area contributed by atoms with Crippen LogP contribution in [0, 0.1) is 0 Å². The Bertz CT molecular complexity index is 1180. The average molecular weight is 462 g/mol. The van der Waals surface area contributed by atoms with Crippen LogP contribution in [0.4, 0.5) is 17.3 Å². The number of hydrogen-bond acceptors (Lipinski definition) is 8. The van der Waals surface area contributed by atoms with Crippen LogP contribution in [0.25, 0.3) is 0 Å². The summed E-state index contributed by atoms with van der Waals surface area (Å²) in [4.78, 5) is 22.8. The van der Waals surface area contributed by atoms with Gasteiger partial charge in [0, 0.05) is 44.2 Å². The van der Waals surface area contributed by atoms with Gasteiger partial charge < -0.3 is 24.8 Å². The van der Waals surface area contributed by atoms with E-state index in [1.54, 1.807) is 37.6 Å². The molecule has 9 nitrogen and oxygen atoms in total. The van der Waals surface area contributed by atoms with Crippen molar-refractivity contribution in [1.29, 1.82) is 0 Å². The molecule has 2 aromatic carbocycles.